The number of aromatic amines is 1. The number of aliphatic hydroxyl groups is 1. The lowest BCUT2D eigenvalue weighted by molar-refractivity contribution is 0.0421. The molecule has 1 aliphatic heterocycles. The minimum Gasteiger partial charge on any atom is -0.506 e. The summed E-state index contributed by atoms with van der Waals surface area (Å²) in [6.07, 6.45) is 1.06. The summed E-state index contributed by atoms with van der Waals surface area (Å²) in [5.41, 5.74) is 6.69. The number of aromatic nitrogens is 1. The largest absolute Gasteiger partial charge is 0.506 e. The predicted octanol–water partition coefficient (Wildman–Crippen LogP) is 7.02. The summed E-state index contributed by atoms with van der Waals surface area (Å²) in [5.74, 6) is 0.755. The summed E-state index contributed by atoms with van der Waals surface area (Å²) in [6, 6.07) is 40.5. The third kappa shape index (κ3) is 9.46. The van der Waals surface area contributed by atoms with Gasteiger partial charge in [0.2, 0.25) is 5.56 Å². The Balaban J connectivity index is 0.818. The Hall–Kier alpha value is -5.94. The van der Waals surface area contributed by atoms with Gasteiger partial charge in [-0.25, -0.2) is 4.79 Å². The number of fused-ring (bicyclic) bond motifs is 1. The number of rotatable bonds is 15. The number of hydrogen-bond donors (Lipinski definition) is 5. The van der Waals surface area contributed by atoms with Gasteiger partial charge in [-0.15, -0.1) is 0 Å². The highest BCUT2D eigenvalue weighted by atomic mass is 16.5. The average Bonchev–Trinajstić information content (AvgIpc) is 3.24. The molecule has 0 spiro atoms. The lowest BCUT2D eigenvalue weighted by atomic mass is 9.97. The number of phenolic OH excluding ortho intramolecular Hbond substituents is 1. The van der Waals surface area contributed by atoms with Crippen LogP contribution in [-0.2, 0) is 17.9 Å². The minimum absolute atomic E-state index is 0.0318. The molecule has 2 atom stereocenters. The van der Waals surface area contributed by atoms with Gasteiger partial charge < -0.3 is 40.2 Å². The highest BCUT2D eigenvalue weighted by molar-refractivity contribution is 5.89. The van der Waals surface area contributed by atoms with E-state index in [1.54, 1.807) is 24.3 Å². The zero-order valence-electron chi connectivity index (χ0n) is 31.5. The number of hydrogen-bond acceptors (Lipinski definition) is 9. The lowest BCUT2D eigenvalue weighted by Crippen LogP contribution is -2.35. The molecular formula is C46H48N4O6. The van der Waals surface area contributed by atoms with Crippen LogP contribution >= 0.6 is 0 Å². The predicted molar refractivity (Wildman–Crippen MR) is 219 cm³/mol. The Morgan fingerprint density at radius 3 is 2.34 bits per heavy atom. The molecule has 5 N–H and O–H groups in total. The first-order valence-corrected chi connectivity index (χ1v) is 19.1. The highest BCUT2D eigenvalue weighted by Crippen LogP contribution is 2.29. The Morgan fingerprint density at radius 2 is 1.59 bits per heavy atom. The number of benzene rings is 5. The zero-order valence-corrected chi connectivity index (χ0v) is 31.5. The molecule has 0 amide bonds. The Bertz CT molecular complexity index is 2270. The van der Waals surface area contributed by atoms with E-state index in [1.807, 2.05) is 49.5 Å². The van der Waals surface area contributed by atoms with Crippen LogP contribution in [0.4, 0.5) is 5.69 Å². The smallest absolute Gasteiger partial charge is 0.338 e. The molecule has 1 fully saturated rings. The molecule has 1 saturated heterocycles. The van der Waals surface area contributed by atoms with Crippen LogP contribution in [0.25, 0.3) is 10.9 Å². The molecule has 1 aromatic heterocycles. The molecular weight excluding hydrogens is 705 g/mol. The molecule has 2 heterocycles. The van der Waals surface area contributed by atoms with Gasteiger partial charge in [0.15, 0.2) is 0 Å². The second-order valence-corrected chi connectivity index (χ2v) is 14.3. The van der Waals surface area contributed by atoms with Crippen molar-refractivity contribution in [1.82, 2.24) is 15.6 Å². The van der Waals surface area contributed by atoms with E-state index < -0.39 is 6.10 Å². The number of carbonyl (C=O) groups is 1. The maximum atomic E-state index is 12.9. The van der Waals surface area contributed by atoms with E-state index in [4.69, 9.17) is 9.47 Å². The first kappa shape index (κ1) is 38.3. The molecule has 0 radical (unpaired) electrons. The van der Waals surface area contributed by atoms with Crippen LogP contribution in [0.2, 0.25) is 0 Å². The number of carbonyl (C=O) groups excluding carboxylic acids is 1. The summed E-state index contributed by atoms with van der Waals surface area (Å²) < 4.78 is 11.9. The summed E-state index contributed by atoms with van der Waals surface area (Å²) in [6.45, 7) is 3.45. The van der Waals surface area contributed by atoms with E-state index in [2.05, 4.69) is 69.0 Å². The van der Waals surface area contributed by atoms with E-state index in [9.17, 15) is 19.8 Å². The number of pyridine rings is 1. The third-order valence-electron chi connectivity index (χ3n) is 10.5. The van der Waals surface area contributed by atoms with Gasteiger partial charge in [-0.05, 0) is 102 Å². The van der Waals surface area contributed by atoms with Gasteiger partial charge in [-0.3, -0.25) is 4.79 Å². The molecule has 288 valence electrons. The fraction of sp³-hybridized carbons (Fsp3) is 0.261. The first-order chi connectivity index (χ1) is 27.3. The molecule has 2 unspecified atom stereocenters. The van der Waals surface area contributed by atoms with Crippen molar-refractivity contribution in [3.05, 3.63) is 171 Å². The fourth-order valence-electron chi connectivity index (χ4n) is 7.33. The Labute approximate surface area is 326 Å². The van der Waals surface area contributed by atoms with Crippen LogP contribution in [0, 0.1) is 5.92 Å². The van der Waals surface area contributed by atoms with Crippen molar-refractivity contribution in [2.45, 2.75) is 38.1 Å². The second-order valence-electron chi connectivity index (χ2n) is 14.3. The van der Waals surface area contributed by atoms with Gasteiger partial charge in [0.1, 0.15) is 18.1 Å². The van der Waals surface area contributed by atoms with Gasteiger partial charge >= 0.3 is 5.97 Å². The van der Waals surface area contributed by atoms with Crippen LogP contribution in [0.3, 0.4) is 0 Å². The van der Waals surface area contributed by atoms with Gasteiger partial charge in [0.05, 0.1) is 29.8 Å². The van der Waals surface area contributed by atoms with Crippen molar-refractivity contribution in [3.63, 3.8) is 0 Å². The number of anilines is 1. The van der Waals surface area contributed by atoms with Crippen molar-refractivity contribution < 1.29 is 24.5 Å². The van der Waals surface area contributed by atoms with Gasteiger partial charge in [0.25, 0.3) is 0 Å². The quantitative estimate of drug-likeness (QED) is 0.0702. The number of aromatic hydroxyl groups is 1. The number of nitrogens with zero attached hydrogens (tertiary/aromatic N) is 1. The maximum Gasteiger partial charge on any atom is 0.338 e. The standard InChI is InChI=1S/C46H48N4O6/c1-47-44(34-6-3-2-4-7-34)36-8-5-9-38(26-36)55-29-32-10-14-35(15-11-32)46(54)56-30-33-22-24-50(25-23-33)37-16-12-31(13-17-37)27-48-28-42(52)39-18-20-41(51)45-40(39)19-21-43(53)49-45/h2-21,26,33,42,44,47-48,51-52H,22-25,27-30H2,1H3,(H,49,53). The summed E-state index contributed by atoms with van der Waals surface area (Å²) in [7, 11) is 1.95. The van der Waals surface area contributed by atoms with Crippen molar-refractivity contribution in [3.8, 4) is 11.5 Å². The molecule has 0 bridgehead atoms. The van der Waals surface area contributed by atoms with Crippen LogP contribution in [0.15, 0.2) is 132 Å². The monoisotopic (exact) mass is 752 g/mol. The molecule has 0 saturated carbocycles. The number of phenols is 1. The minimum atomic E-state index is -0.817. The molecule has 6 aromatic rings. The SMILES string of the molecule is CNC(c1ccccc1)c1cccc(OCc2ccc(C(=O)OCC3CCN(c4ccc(CNCC(O)c5ccc(O)c6[nH]c(=O)ccc56)cc4)CC3)cc2)c1. The van der Waals surface area contributed by atoms with Crippen LogP contribution in [0.5, 0.6) is 11.5 Å². The first-order valence-electron chi connectivity index (χ1n) is 19.1. The Kier molecular flexibility index (Phi) is 12.4. The number of ether oxygens (including phenoxy) is 2. The van der Waals surface area contributed by atoms with Gasteiger partial charge in [0, 0.05) is 43.3 Å². The summed E-state index contributed by atoms with van der Waals surface area (Å²) in [5, 5.41) is 28.3. The number of H-pyrrole nitrogens is 1. The fourth-order valence-corrected chi connectivity index (χ4v) is 7.33. The highest BCUT2D eigenvalue weighted by Gasteiger charge is 2.22. The van der Waals surface area contributed by atoms with Crippen molar-refractivity contribution in [1.29, 1.82) is 0 Å². The Morgan fingerprint density at radius 1 is 0.857 bits per heavy atom. The number of esters is 1. The molecule has 7 rings (SSSR count). The summed E-state index contributed by atoms with van der Waals surface area (Å²) in [4.78, 5) is 29.6. The third-order valence-corrected chi connectivity index (χ3v) is 10.5. The van der Waals surface area contributed by atoms with Gasteiger partial charge in [-0.2, -0.15) is 0 Å². The van der Waals surface area contributed by atoms with Crippen molar-refractivity contribution in [2.24, 2.45) is 5.92 Å². The van der Waals surface area contributed by atoms with Gasteiger partial charge in [-0.1, -0.05) is 72.8 Å². The van der Waals surface area contributed by atoms with E-state index in [-0.39, 0.29) is 23.3 Å². The molecule has 1 aliphatic rings. The number of nitrogens with one attached hydrogen (secondary N) is 3. The maximum absolute atomic E-state index is 12.9. The zero-order chi connectivity index (χ0) is 38.9. The average molecular weight is 753 g/mol. The van der Waals surface area contributed by atoms with E-state index >= 15 is 0 Å². The summed E-state index contributed by atoms with van der Waals surface area (Å²) >= 11 is 0. The number of aliphatic hydroxyl groups excluding tert-OH is 1. The normalized spacial score (nSPS) is 14.4. The second kappa shape index (κ2) is 18.1. The van der Waals surface area contributed by atoms with Crippen LogP contribution in [0.1, 0.15) is 63.2 Å². The van der Waals surface area contributed by atoms with E-state index in [0.717, 1.165) is 54.1 Å². The molecule has 5 aromatic carbocycles. The number of piperidine rings is 1. The van der Waals surface area contributed by atoms with Crippen LogP contribution in [-0.4, -0.2) is 54.5 Å². The van der Waals surface area contributed by atoms with E-state index in [1.165, 1.54) is 17.7 Å². The topological polar surface area (TPSA) is 136 Å². The molecule has 10 nitrogen and oxygen atoms in total. The van der Waals surface area contributed by atoms with Crippen LogP contribution < -0.4 is 25.8 Å². The molecule has 56 heavy (non-hydrogen) atoms. The van der Waals surface area contributed by atoms with Crippen molar-refractivity contribution >= 4 is 22.6 Å². The van der Waals surface area contributed by atoms with E-state index in [0.29, 0.717) is 54.3 Å². The van der Waals surface area contributed by atoms with Crippen molar-refractivity contribution in [2.75, 3.05) is 38.2 Å². The molecule has 10 heteroatoms. The lowest BCUT2D eigenvalue weighted by Gasteiger charge is -2.33. The molecule has 0 aliphatic carbocycles.